The second-order valence-corrected chi connectivity index (χ2v) is 4.36. The van der Waals surface area contributed by atoms with E-state index in [1.165, 1.54) is 0 Å². The van der Waals surface area contributed by atoms with E-state index >= 15 is 0 Å². The van der Waals surface area contributed by atoms with Gasteiger partial charge < -0.3 is 5.11 Å². The fraction of sp³-hybridized carbons (Fsp3) is 0.0909. The average Bonchev–Trinajstić information content (AvgIpc) is 2.28. The molecule has 88 valence electrons. The summed E-state index contributed by atoms with van der Waals surface area (Å²) in [7, 11) is 0. The normalized spacial score (nSPS) is 12.5. The van der Waals surface area contributed by atoms with Gasteiger partial charge in [0.25, 0.3) is 0 Å². The topological polar surface area (TPSA) is 46.0 Å². The molecule has 2 rings (SSSR count). The van der Waals surface area contributed by atoms with Crippen LogP contribution in [0.25, 0.3) is 0 Å². The van der Waals surface area contributed by atoms with E-state index in [9.17, 15) is 5.11 Å². The third-order valence-electron chi connectivity index (χ3n) is 2.21. The van der Waals surface area contributed by atoms with Crippen molar-refractivity contribution in [3.05, 3.63) is 57.0 Å². The Morgan fingerprint density at radius 2 is 1.47 bits per heavy atom. The van der Waals surface area contributed by atoms with Crippen LogP contribution in [0.5, 0.6) is 0 Å². The summed E-state index contributed by atoms with van der Waals surface area (Å²) in [6, 6.07) is 8.96. The van der Waals surface area contributed by atoms with Crippen LogP contribution in [0, 0.1) is 0 Å². The number of hydrogen-bond acceptors (Lipinski definition) is 3. The summed E-state index contributed by atoms with van der Waals surface area (Å²) in [5.74, 6) is 0. The molecular weight excluding hydrogens is 282 g/mol. The average molecular weight is 290 g/mol. The van der Waals surface area contributed by atoms with Crippen molar-refractivity contribution in [1.29, 1.82) is 0 Å². The minimum absolute atomic E-state index is 0.0475. The summed E-state index contributed by atoms with van der Waals surface area (Å²) in [6.07, 6.45) is -0.978. The van der Waals surface area contributed by atoms with Gasteiger partial charge in [-0.15, -0.1) is 0 Å². The van der Waals surface area contributed by atoms with Crippen molar-refractivity contribution in [2.75, 3.05) is 0 Å². The lowest BCUT2D eigenvalue weighted by atomic mass is 10.0. The maximum absolute atomic E-state index is 10.2. The molecule has 0 amide bonds. The first kappa shape index (κ1) is 12.6. The fourth-order valence-electron chi connectivity index (χ4n) is 1.42. The van der Waals surface area contributed by atoms with Crippen molar-refractivity contribution in [2.45, 2.75) is 6.10 Å². The molecule has 1 atom stereocenters. The summed E-state index contributed by atoms with van der Waals surface area (Å²) in [6.45, 7) is 0. The number of aliphatic hydroxyl groups is 1. The molecule has 2 aromatic rings. The molecule has 1 unspecified atom stereocenters. The van der Waals surface area contributed by atoms with Crippen LogP contribution in [0.15, 0.2) is 30.3 Å². The van der Waals surface area contributed by atoms with Gasteiger partial charge in [-0.05, 0) is 17.2 Å². The van der Waals surface area contributed by atoms with E-state index in [-0.39, 0.29) is 21.2 Å². The second-order valence-electron chi connectivity index (χ2n) is 3.30. The van der Waals surface area contributed by atoms with Gasteiger partial charge in [-0.1, -0.05) is 53.5 Å². The molecule has 0 aliphatic rings. The Hall–Kier alpha value is -0.870. The maximum Gasteiger partial charge on any atom is 0.225 e. The number of benzene rings is 1. The third kappa shape index (κ3) is 2.69. The van der Waals surface area contributed by atoms with Crippen molar-refractivity contribution in [1.82, 2.24) is 9.97 Å². The minimum Gasteiger partial charge on any atom is -0.383 e. The standard InChI is InChI=1S/C11H7Cl3N2O/c12-9-7(10(13)16-11(14)15-9)8(17)6-4-2-1-3-5-6/h1-5,8,17H. The zero-order valence-corrected chi connectivity index (χ0v) is 10.7. The van der Waals surface area contributed by atoms with E-state index in [0.717, 1.165) is 0 Å². The van der Waals surface area contributed by atoms with Gasteiger partial charge in [0.2, 0.25) is 5.28 Å². The highest BCUT2D eigenvalue weighted by molar-refractivity contribution is 6.36. The highest BCUT2D eigenvalue weighted by atomic mass is 35.5. The fourth-order valence-corrected chi connectivity index (χ4v) is 2.27. The zero-order valence-electron chi connectivity index (χ0n) is 8.44. The van der Waals surface area contributed by atoms with Crippen molar-refractivity contribution < 1.29 is 5.11 Å². The lowest BCUT2D eigenvalue weighted by Gasteiger charge is -2.13. The van der Waals surface area contributed by atoms with Gasteiger partial charge in [0, 0.05) is 0 Å². The molecule has 6 heteroatoms. The smallest absolute Gasteiger partial charge is 0.225 e. The largest absolute Gasteiger partial charge is 0.383 e. The first-order valence-corrected chi connectivity index (χ1v) is 5.84. The molecule has 1 heterocycles. The van der Waals surface area contributed by atoms with E-state index < -0.39 is 6.10 Å². The van der Waals surface area contributed by atoms with Crippen LogP contribution < -0.4 is 0 Å². The number of aromatic nitrogens is 2. The van der Waals surface area contributed by atoms with E-state index in [4.69, 9.17) is 34.8 Å². The van der Waals surface area contributed by atoms with Crippen molar-refractivity contribution in [2.24, 2.45) is 0 Å². The number of nitrogens with zero attached hydrogens (tertiary/aromatic N) is 2. The lowest BCUT2D eigenvalue weighted by molar-refractivity contribution is 0.219. The molecule has 0 radical (unpaired) electrons. The molecule has 0 aliphatic heterocycles. The first-order valence-electron chi connectivity index (χ1n) is 4.71. The van der Waals surface area contributed by atoms with E-state index in [2.05, 4.69) is 9.97 Å². The van der Waals surface area contributed by atoms with Crippen molar-refractivity contribution >= 4 is 34.8 Å². The van der Waals surface area contributed by atoms with Gasteiger partial charge in [-0.2, -0.15) is 0 Å². The molecule has 3 nitrogen and oxygen atoms in total. The molecule has 1 aromatic heterocycles. The van der Waals surface area contributed by atoms with Gasteiger partial charge in [-0.25, -0.2) is 9.97 Å². The SMILES string of the molecule is OC(c1ccccc1)c1c(Cl)nc(Cl)nc1Cl. The van der Waals surface area contributed by atoms with Gasteiger partial charge in [0.15, 0.2) is 0 Å². The summed E-state index contributed by atoms with van der Waals surface area (Å²) >= 11 is 17.4. The van der Waals surface area contributed by atoms with Crippen LogP contribution >= 0.6 is 34.8 Å². The second kappa shape index (κ2) is 5.19. The van der Waals surface area contributed by atoms with Crippen molar-refractivity contribution in [3.63, 3.8) is 0 Å². The van der Waals surface area contributed by atoms with Crippen LogP contribution in [0.3, 0.4) is 0 Å². The Morgan fingerprint density at radius 1 is 0.941 bits per heavy atom. The van der Waals surface area contributed by atoms with Gasteiger partial charge in [-0.3, -0.25) is 0 Å². The number of aliphatic hydroxyl groups excluding tert-OH is 1. The highest BCUT2D eigenvalue weighted by Crippen LogP contribution is 2.32. The Morgan fingerprint density at radius 3 is 2.00 bits per heavy atom. The molecule has 0 saturated carbocycles. The van der Waals surface area contributed by atoms with Crippen LogP contribution in [0.1, 0.15) is 17.2 Å². The Kier molecular flexibility index (Phi) is 3.84. The predicted octanol–water partition coefficient (Wildman–Crippen LogP) is 3.52. The molecular formula is C11H7Cl3N2O. The van der Waals surface area contributed by atoms with Gasteiger partial charge in [0.1, 0.15) is 16.4 Å². The zero-order chi connectivity index (χ0) is 12.4. The van der Waals surface area contributed by atoms with Crippen LogP contribution in [-0.4, -0.2) is 15.1 Å². The molecule has 0 fully saturated rings. The van der Waals surface area contributed by atoms with Gasteiger partial charge in [0.05, 0.1) is 5.56 Å². The van der Waals surface area contributed by atoms with E-state index in [1.54, 1.807) is 24.3 Å². The van der Waals surface area contributed by atoms with Crippen LogP contribution in [-0.2, 0) is 0 Å². The number of halogens is 3. The van der Waals surface area contributed by atoms with Crippen LogP contribution in [0.2, 0.25) is 15.6 Å². The summed E-state index contributed by atoms with van der Waals surface area (Å²) in [5.41, 5.74) is 0.908. The van der Waals surface area contributed by atoms with E-state index in [1.807, 2.05) is 6.07 Å². The summed E-state index contributed by atoms with van der Waals surface area (Å²) < 4.78 is 0. The Labute approximate surface area is 113 Å². The predicted molar refractivity (Wildman–Crippen MR) is 67.6 cm³/mol. The van der Waals surface area contributed by atoms with Crippen molar-refractivity contribution in [3.8, 4) is 0 Å². The molecule has 1 N–H and O–H groups in total. The number of hydrogen-bond donors (Lipinski definition) is 1. The van der Waals surface area contributed by atoms with Crippen LogP contribution in [0.4, 0.5) is 0 Å². The molecule has 0 bridgehead atoms. The van der Waals surface area contributed by atoms with Gasteiger partial charge >= 0.3 is 0 Å². The minimum atomic E-state index is -0.978. The lowest BCUT2D eigenvalue weighted by Crippen LogP contribution is -2.04. The Bertz CT molecular complexity index is 510. The Balaban J connectivity index is 2.48. The number of rotatable bonds is 2. The molecule has 0 aliphatic carbocycles. The summed E-state index contributed by atoms with van der Waals surface area (Å²) in [4.78, 5) is 7.51. The quantitative estimate of drug-likeness (QED) is 0.679. The highest BCUT2D eigenvalue weighted by Gasteiger charge is 2.20. The molecule has 1 aromatic carbocycles. The molecule has 0 spiro atoms. The molecule has 0 saturated heterocycles. The maximum atomic E-state index is 10.2. The third-order valence-corrected chi connectivity index (χ3v) is 2.96. The summed E-state index contributed by atoms with van der Waals surface area (Å²) in [5, 5.41) is 10.2. The van der Waals surface area contributed by atoms with E-state index in [0.29, 0.717) is 5.56 Å². The monoisotopic (exact) mass is 288 g/mol. The molecule has 17 heavy (non-hydrogen) atoms. The first-order chi connectivity index (χ1) is 8.09.